The topological polar surface area (TPSA) is 107 Å². The molecule has 4 rings (SSSR count). The minimum Gasteiger partial charge on any atom is -0.342 e. The van der Waals surface area contributed by atoms with Crippen molar-refractivity contribution in [3.63, 3.8) is 0 Å². The maximum absolute atomic E-state index is 12.9. The van der Waals surface area contributed by atoms with Crippen LogP contribution in [0.4, 0.5) is 17.5 Å². The quantitative estimate of drug-likeness (QED) is 0.755. The smallest absolute Gasteiger partial charge is 0.258 e. The zero-order valence-corrected chi connectivity index (χ0v) is 15.7. The second kappa shape index (κ2) is 7.46. The average Bonchev–Trinajstić information content (AvgIpc) is 2.69. The lowest BCUT2D eigenvalue weighted by Gasteiger charge is -2.29. The number of hydrogen-bond donors (Lipinski definition) is 3. The fourth-order valence-electron chi connectivity index (χ4n) is 3.77. The second-order valence-electron chi connectivity index (χ2n) is 7.31. The number of nitrogens with one attached hydrogen (secondary N) is 3. The summed E-state index contributed by atoms with van der Waals surface area (Å²) in [6.45, 7) is 3.51. The van der Waals surface area contributed by atoms with Crippen molar-refractivity contribution in [2.45, 2.75) is 38.5 Å². The number of nitrogens with zero attached hydrogens (tertiary/aromatic N) is 2. The summed E-state index contributed by atoms with van der Waals surface area (Å²) in [5.74, 6) is -0.951. The van der Waals surface area contributed by atoms with Crippen molar-refractivity contribution in [3.05, 3.63) is 45.7 Å². The average molecular weight is 381 g/mol. The number of benzene rings is 1. The number of fused-ring (bicyclic) bond motifs is 1. The lowest BCUT2D eigenvalue weighted by Crippen LogP contribution is -2.38. The Balaban J connectivity index is 1.66. The first kappa shape index (κ1) is 18.2. The van der Waals surface area contributed by atoms with E-state index in [4.69, 9.17) is 0 Å². The van der Waals surface area contributed by atoms with Crippen LogP contribution in [-0.4, -0.2) is 34.9 Å². The van der Waals surface area contributed by atoms with Gasteiger partial charge in [0.15, 0.2) is 0 Å². The van der Waals surface area contributed by atoms with Crippen LogP contribution in [0, 0.1) is 6.92 Å². The molecule has 1 fully saturated rings. The molecule has 28 heavy (non-hydrogen) atoms. The Hall–Kier alpha value is -3.16. The summed E-state index contributed by atoms with van der Waals surface area (Å²) >= 11 is 0. The van der Waals surface area contributed by atoms with Crippen LogP contribution < -0.4 is 21.1 Å². The number of piperidine rings is 1. The third kappa shape index (κ3) is 3.49. The number of H-pyrrole nitrogens is 1. The molecule has 0 spiro atoms. The van der Waals surface area contributed by atoms with Crippen molar-refractivity contribution in [3.8, 4) is 0 Å². The van der Waals surface area contributed by atoms with Gasteiger partial charge in [0.1, 0.15) is 5.82 Å². The first-order valence-corrected chi connectivity index (χ1v) is 9.58. The number of aryl methyl sites for hydroxylation is 1. The standard InChI is InChI=1S/C20H23N5O3/c1-12-7-3-4-8-14(12)21-18(27)13-11-15(26)22-17-16(13)19(28)24-20(23-17)25-9-5-2-6-10-25/h3-4,7-8,13H,2,5-6,9-11H2,1H3,(H,21,27)(H2,22,23,24,26,28)/t13-/m0/s1. The van der Waals surface area contributed by atoms with Gasteiger partial charge in [0.25, 0.3) is 5.56 Å². The highest BCUT2D eigenvalue weighted by atomic mass is 16.2. The third-order valence-electron chi connectivity index (χ3n) is 5.31. The molecule has 0 saturated carbocycles. The highest BCUT2D eigenvalue weighted by Crippen LogP contribution is 2.31. The molecule has 3 heterocycles. The van der Waals surface area contributed by atoms with Crippen molar-refractivity contribution in [1.82, 2.24) is 9.97 Å². The lowest BCUT2D eigenvalue weighted by molar-refractivity contribution is -0.123. The first-order chi connectivity index (χ1) is 13.5. The van der Waals surface area contributed by atoms with Crippen molar-refractivity contribution in [2.75, 3.05) is 28.6 Å². The molecule has 2 aromatic rings. The largest absolute Gasteiger partial charge is 0.342 e. The van der Waals surface area contributed by atoms with E-state index in [1.165, 1.54) is 0 Å². The van der Waals surface area contributed by atoms with E-state index in [0.717, 1.165) is 37.9 Å². The number of aromatic nitrogens is 2. The van der Waals surface area contributed by atoms with Crippen molar-refractivity contribution >= 4 is 29.3 Å². The zero-order chi connectivity index (χ0) is 19.7. The predicted molar refractivity (Wildman–Crippen MR) is 107 cm³/mol. The molecule has 1 aromatic heterocycles. The summed E-state index contributed by atoms with van der Waals surface area (Å²) in [5.41, 5.74) is 1.40. The molecule has 8 nitrogen and oxygen atoms in total. The van der Waals surface area contributed by atoms with Crippen LogP contribution in [0.25, 0.3) is 0 Å². The summed E-state index contributed by atoms with van der Waals surface area (Å²) in [4.78, 5) is 47.2. The Labute approximate surface area is 162 Å². The van der Waals surface area contributed by atoms with Crippen LogP contribution in [-0.2, 0) is 9.59 Å². The Morgan fingerprint density at radius 3 is 2.68 bits per heavy atom. The van der Waals surface area contributed by atoms with Gasteiger partial charge in [0.05, 0.1) is 11.5 Å². The van der Waals surface area contributed by atoms with Gasteiger partial charge in [-0.1, -0.05) is 18.2 Å². The van der Waals surface area contributed by atoms with Crippen LogP contribution in [0.15, 0.2) is 29.1 Å². The molecule has 2 amide bonds. The number of carbonyl (C=O) groups excluding carboxylic acids is 2. The minimum absolute atomic E-state index is 0.0848. The predicted octanol–water partition coefficient (Wildman–Crippen LogP) is 2.13. The number of carbonyl (C=O) groups is 2. The fourth-order valence-corrected chi connectivity index (χ4v) is 3.77. The molecule has 2 aliphatic heterocycles. The van der Waals surface area contributed by atoms with E-state index in [2.05, 4.69) is 20.6 Å². The van der Waals surface area contributed by atoms with Crippen LogP contribution >= 0.6 is 0 Å². The van der Waals surface area contributed by atoms with E-state index < -0.39 is 5.92 Å². The molecule has 8 heteroatoms. The number of aromatic amines is 1. The molecule has 1 atom stereocenters. The Morgan fingerprint density at radius 1 is 1.18 bits per heavy atom. The van der Waals surface area contributed by atoms with E-state index in [0.29, 0.717) is 11.6 Å². The van der Waals surface area contributed by atoms with Gasteiger partial charge in [-0.05, 0) is 37.8 Å². The van der Waals surface area contributed by atoms with Crippen molar-refractivity contribution in [2.24, 2.45) is 0 Å². The molecule has 2 aliphatic rings. The lowest BCUT2D eigenvalue weighted by atomic mass is 9.92. The fraction of sp³-hybridized carbons (Fsp3) is 0.400. The van der Waals surface area contributed by atoms with Gasteiger partial charge in [-0.3, -0.25) is 19.4 Å². The molecule has 0 unspecified atom stereocenters. The molecule has 1 aromatic carbocycles. The van der Waals surface area contributed by atoms with Gasteiger partial charge in [-0.25, -0.2) is 0 Å². The number of hydrogen-bond acceptors (Lipinski definition) is 5. The Bertz CT molecular complexity index is 978. The molecule has 0 radical (unpaired) electrons. The number of rotatable bonds is 3. The van der Waals surface area contributed by atoms with E-state index in [9.17, 15) is 14.4 Å². The molecule has 1 saturated heterocycles. The number of amides is 2. The van der Waals surface area contributed by atoms with E-state index in [1.807, 2.05) is 30.0 Å². The van der Waals surface area contributed by atoms with Crippen LogP contribution in [0.5, 0.6) is 0 Å². The normalized spacial score (nSPS) is 19.0. The van der Waals surface area contributed by atoms with Crippen LogP contribution in [0.2, 0.25) is 0 Å². The van der Waals surface area contributed by atoms with Gasteiger partial charge in [-0.2, -0.15) is 4.98 Å². The van der Waals surface area contributed by atoms with Gasteiger partial charge in [-0.15, -0.1) is 0 Å². The van der Waals surface area contributed by atoms with Gasteiger partial charge >= 0.3 is 0 Å². The summed E-state index contributed by atoms with van der Waals surface area (Å²) in [5, 5.41) is 5.50. The van der Waals surface area contributed by atoms with E-state index in [-0.39, 0.29) is 35.2 Å². The molecule has 3 N–H and O–H groups in total. The Kier molecular flexibility index (Phi) is 4.85. The number of anilines is 3. The van der Waals surface area contributed by atoms with Crippen molar-refractivity contribution in [1.29, 1.82) is 0 Å². The van der Waals surface area contributed by atoms with Crippen molar-refractivity contribution < 1.29 is 9.59 Å². The minimum atomic E-state index is -0.880. The van der Waals surface area contributed by atoms with Gasteiger partial charge in [0.2, 0.25) is 17.8 Å². The molecule has 0 bridgehead atoms. The molecular formula is C20H23N5O3. The maximum Gasteiger partial charge on any atom is 0.258 e. The summed E-state index contributed by atoms with van der Waals surface area (Å²) in [7, 11) is 0. The summed E-state index contributed by atoms with van der Waals surface area (Å²) in [6.07, 6.45) is 3.14. The van der Waals surface area contributed by atoms with E-state index in [1.54, 1.807) is 6.07 Å². The van der Waals surface area contributed by atoms with Crippen LogP contribution in [0.3, 0.4) is 0 Å². The second-order valence-corrected chi connectivity index (χ2v) is 7.31. The summed E-state index contributed by atoms with van der Waals surface area (Å²) < 4.78 is 0. The zero-order valence-electron chi connectivity index (χ0n) is 15.7. The monoisotopic (exact) mass is 381 g/mol. The van der Waals surface area contributed by atoms with Gasteiger partial charge in [0, 0.05) is 25.2 Å². The SMILES string of the molecule is Cc1ccccc1NC(=O)[C@H]1CC(=O)Nc2nc(N3CCCCC3)[nH]c(=O)c21. The van der Waals surface area contributed by atoms with E-state index >= 15 is 0 Å². The molecule has 146 valence electrons. The molecular weight excluding hydrogens is 358 g/mol. The molecule has 0 aliphatic carbocycles. The summed E-state index contributed by atoms with van der Waals surface area (Å²) in [6, 6.07) is 7.38. The highest BCUT2D eigenvalue weighted by molar-refractivity contribution is 6.04. The first-order valence-electron chi connectivity index (χ1n) is 9.58. The maximum atomic E-state index is 12.9. The van der Waals surface area contributed by atoms with Crippen LogP contribution in [0.1, 0.15) is 42.7 Å². The third-order valence-corrected chi connectivity index (χ3v) is 5.31. The highest BCUT2D eigenvalue weighted by Gasteiger charge is 2.35. The van der Waals surface area contributed by atoms with Gasteiger partial charge < -0.3 is 15.5 Å². The number of para-hydroxylation sites is 1. The Morgan fingerprint density at radius 2 is 1.93 bits per heavy atom.